The fourth-order valence-electron chi connectivity index (χ4n) is 2.87. The van der Waals surface area contributed by atoms with E-state index in [1.165, 1.54) is 17.5 Å². The summed E-state index contributed by atoms with van der Waals surface area (Å²) < 4.78 is 36.6. The lowest BCUT2D eigenvalue weighted by molar-refractivity contribution is -0.122. The number of ether oxygens (including phenoxy) is 2. The zero-order chi connectivity index (χ0) is 20.5. The Kier molecular flexibility index (Phi) is 5.92. The van der Waals surface area contributed by atoms with E-state index in [0.29, 0.717) is 27.2 Å². The van der Waals surface area contributed by atoms with Crippen LogP contribution in [0.25, 0.3) is 0 Å². The van der Waals surface area contributed by atoms with Crippen LogP contribution >= 0.6 is 23.2 Å². The van der Waals surface area contributed by atoms with Gasteiger partial charge in [-0.15, -0.1) is 0 Å². The van der Waals surface area contributed by atoms with Crippen LogP contribution < -0.4 is 19.1 Å². The highest BCUT2D eigenvalue weighted by molar-refractivity contribution is 7.92. The number of anilines is 2. The summed E-state index contributed by atoms with van der Waals surface area (Å²) in [7, 11) is -2.10. The molecule has 3 rings (SSSR count). The molecule has 7 nitrogen and oxygen atoms in total. The van der Waals surface area contributed by atoms with Gasteiger partial charge in [-0.05, 0) is 36.4 Å². The van der Waals surface area contributed by atoms with Gasteiger partial charge in [-0.1, -0.05) is 23.2 Å². The number of sulfonamides is 1. The Morgan fingerprint density at radius 2 is 1.89 bits per heavy atom. The molecule has 150 valence electrons. The van der Waals surface area contributed by atoms with Gasteiger partial charge >= 0.3 is 0 Å². The second-order valence-electron chi connectivity index (χ2n) is 6.18. The van der Waals surface area contributed by atoms with Crippen molar-refractivity contribution in [1.29, 1.82) is 0 Å². The number of methoxy groups -OCH3 is 1. The maximum Gasteiger partial charge on any atom is 0.265 e. The van der Waals surface area contributed by atoms with Crippen LogP contribution in [0, 0.1) is 0 Å². The molecule has 0 bridgehead atoms. The van der Waals surface area contributed by atoms with Crippen molar-refractivity contribution in [2.45, 2.75) is 12.5 Å². The smallest absolute Gasteiger partial charge is 0.265 e. The Morgan fingerprint density at radius 1 is 1.21 bits per heavy atom. The quantitative estimate of drug-likeness (QED) is 0.778. The number of fused-ring (bicyclic) bond motifs is 1. The molecule has 0 saturated carbocycles. The largest absolute Gasteiger partial charge is 0.495 e. The van der Waals surface area contributed by atoms with Gasteiger partial charge in [0.15, 0.2) is 6.10 Å². The first kappa shape index (κ1) is 20.6. The highest BCUT2D eigenvalue weighted by Crippen LogP contribution is 2.37. The zero-order valence-corrected chi connectivity index (χ0v) is 17.4. The first-order chi connectivity index (χ1) is 13.2. The summed E-state index contributed by atoms with van der Waals surface area (Å²) in [5.41, 5.74) is 0.690. The van der Waals surface area contributed by atoms with E-state index in [4.69, 9.17) is 32.7 Å². The summed E-state index contributed by atoms with van der Waals surface area (Å²) in [4.78, 5) is 12.8. The topological polar surface area (TPSA) is 84.9 Å². The maximum absolute atomic E-state index is 12.8. The molecular formula is C18H18Cl2N2O5S. The second kappa shape index (κ2) is 8.06. The van der Waals surface area contributed by atoms with Gasteiger partial charge in [-0.25, -0.2) is 8.42 Å². The standard InChI is InChI=1S/C18H18Cl2N2O5S/c1-26-15-5-3-11(19)9-13(15)21-18(23)17-7-8-22(28(2,24)25)14-10-12(20)4-6-16(14)27-17/h3-6,9-10,17H,7-8H2,1-2H3,(H,21,23). The van der Waals surface area contributed by atoms with Crippen LogP contribution in [0.1, 0.15) is 6.42 Å². The summed E-state index contributed by atoms with van der Waals surface area (Å²) in [6.07, 6.45) is 0.318. The third-order valence-corrected chi connectivity index (χ3v) is 5.82. The highest BCUT2D eigenvalue weighted by Gasteiger charge is 2.31. The molecule has 0 saturated heterocycles. The molecule has 0 spiro atoms. The molecule has 1 atom stereocenters. The SMILES string of the molecule is COc1ccc(Cl)cc1NC(=O)C1CCN(S(C)(=O)=O)c2cc(Cl)ccc2O1. The number of nitrogens with zero attached hydrogens (tertiary/aromatic N) is 1. The molecule has 28 heavy (non-hydrogen) atoms. The Labute approximate surface area is 173 Å². The molecule has 0 radical (unpaired) electrons. The Hall–Kier alpha value is -2.16. The van der Waals surface area contributed by atoms with Crippen LogP contribution in [0.15, 0.2) is 36.4 Å². The average Bonchev–Trinajstić information content (AvgIpc) is 2.81. The van der Waals surface area contributed by atoms with Gasteiger partial charge in [0.2, 0.25) is 10.0 Å². The monoisotopic (exact) mass is 444 g/mol. The lowest BCUT2D eigenvalue weighted by atomic mass is 10.2. The van der Waals surface area contributed by atoms with Crippen molar-refractivity contribution >= 4 is 50.5 Å². The minimum absolute atomic E-state index is 0.0664. The van der Waals surface area contributed by atoms with E-state index in [0.717, 1.165) is 6.26 Å². The Morgan fingerprint density at radius 3 is 2.57 bits per heavy atom. The molecule has 0 aliphatic carbocycles. The summed E-state index contributed by atoms with van der Waals surface area (Å²) >= 11 is 12.0. The predicted octanol–water partition coefficient (Wildman–Crippen LogP) is 3.56. The van der Waals surface area contributed by atoms with Crippen LogP contribution in [-0.2, 0) is 14.8 Å². The van der Waals surface area contributed by atoms with Gasteiger partial charge in [-0.3, -0.25) is 9.10 Å². The van der Waals surface area contributed by atoms with E-state index in [9.17, 15) is 13.2 Å². The number of hydrogen-bond acceptors (Lipinski definition) is 5. The van der Waals surface area contributed by atoms with E-state index in [2.05, 4.69) is 5.32 Å². The molecule has 2 aromatic rings. The number of hydrogen-bond donors (Lipinski definition) is 1. The fraction of sp³-hybridized carbons (Fsp3) is 0.278. The average molecular weight is 445 g/mol. The van der Waals surface area contributed by atoms with Gasteiger partial charge in [-0.2, -0.15) is 0 Å². The number of rotatable bonds is 4. The van der Waals surface area contributed by atoms with Crippen LogP contribution in [0.4, 0.5) is 11.4 Å². The minimum atomic E-state index is -3.58. The number of benzene rings is 2. The fourth-order valence-corrected chi connectivity index (χ4v) is 4.15. The minimum Gasteiger partial charge on any atom is -0.495 e. The molecule has 0 fully saturated rings. The van der Waals surface area contributed by atoms with E-state index in [-0.39, 0.29) is 18.7 Å². The van der Waals surface area contributed by atoms with Crippen LogP contribution in [0.5, 0.6) is 11.5 Å². The molecule has 1 heterocycles. The zero-order valence-electron chi connectivity index (χ0n) is 15.1. The summed E-state index contributed by atoms with van der Waals surface area (Å²) in [5, 5.41) is 3.52. The van der Waals surface area contributed by atoms with E-state index >= 15 is 0 Å². The molecule has 1 amide bonds. The maximum atomic E-state index is 12.8. The van der Waals surface area contributed by atoms with Crippen molar-refractivity contribution in [2.24, 2.45) is 0 Å². The number of carbonyl (C=O) groups excluding carboxylic acids is 1. The molecule has 2 aromatic carbocycles. The van der Waals surface area contributed by atoms with Gasteiger partial charge < -0.3 is 14.8 Å². The molecular weight excluding hydrogens is 427 g/mol. The highest BCUT2D eigenvalue weighted by atomic mass is 35.5. The third-order valence-electron chi connectivity index (χ3n) is 4.17. The molecule has 0 aromatic heterocycles. The number of carbonyl (C=O) groups is 1. The van der Waals surface area contributed by atoms with E-state index < -0.39 is 22.0 Å². The first-order valence-electron chi connectivity index (χ1n) is 8.27. The van der Waals surface area contributed by atoms with Gasteiger partial charge in [0.25, 0.3) is 5.91 Å². The van der Waals surface area contributed by atoms with Crippen LogP contribution in [0.2, 0.25) is 10.0 Å². The predicted molar refractivity (Wildman–Crippen MR) is 109 cm³/mol. The van der Waals surface area contributed by atoms with Crippen molar-refractivity contribution < 1.29 is 22.7 Å². The number of nitrogens with one attached hydrogen (secondary N) is 1. The second-order valence-corrected chi connectivity index (χ2v) is 8.96. The van der Waals surface area contributed by atoms with Crippen LogP contribution in [-0.4, -0.2) is 40.3 Å². The number of amides is 1. The van der Waals surface area contributed by atoms with Crippen molar-refractivity contribution in [3.8, 4) is 11.5 Å². The van der Waals surface area contributed by atoms with E-state index in [1.807, 2.05) is 0 Å². The van der Waals surface area contributed by atoms with Gasteiger partial charge in [0, 0.05) is 23.0 Å². The Balaban J connectivity index is 1.90. The van der Waals surface area contributed by atoms with Gasteiger partial charge in [0.1, 0.15) is 11.5 Å². The van der Waals surface area contributed by atoms with Crippen molar-refractivity contribution in [2.75, 3.05) is 29.5 Å². The molecule has 1 unspecified atom stereocenters. The van der Waals surface area contributed by atoms with E-state index in [1.54, 1.807) is 30.3 Å². The summed E-state index contributed by atoms with van der Waals surface area (Å²) in [6.45, 7) is 0.0664. The van der Waals surface area contributed by atoms with Crippen molar-refractivity contribution in [1.82, 2.24) is 0 Å². The summed E-state index contributed by atoms with van der Waals surface area (Å²) in [6, 6.07) is 9.45. The van der Waals surface area contributed by atoms with Crippen molar-refractivity contribution in [3.63, 3.8) is 0 Å². The molecule has 1 aliphatic heterocycles. The first-order valence-corrected chi connectivity index (χ1v) is 10.9. The third kappa shape index (κ3) is 4.45. The number of halogens is 2. The molecule has 1 N–H and O–H groups in total. The lowest BCUT2D eigenvalue weighted by Crippen LogP contribution is -2.36. The van der Waals surface area contributed by atoms with Crippen molar-refractivity contribution in [3.05, 3.63) is 46.4 Å². The lowest BCUT2D eigenvalue weighted by Gasteiger charge is -2.21. The molecule has 1 aliphatic rings. The Bertz CT molecular complexity index is 1010. The van der Waals surface area contributed by atoms with Crippen LogP contribution in [0.3, 0.4) is 0 Å². The normalized spacial score (nSPS) is 16.6. The molecule has 10 heteroatoms. The van der Waals surface area contributed by atoms with Gasteiger partial charge in [0.05, 0.1) is 24.7 Å². The summed E-state index contributed by atoms with van der Waals surface area (Å²) in [5.74, 6) is 0.249.